The van der Waals surface area contributed by atoms with Gasteiger partial charge in [-0.1, -0.05) is 0 Å². The van der Waals surface area contributed by atoms with Crippen molar-refractivity contribution in [3.8, 4) is 0 Å². The first-order valence-electron chi connectivity index (χ1n) is 4.44. The lowest BCUT2D eigenvalue weighted by Crippen LogP contribution is -2.11. The quantitative estimate of drug-likeness (QED) is 0.600. The monoisotopic (exact) mass is 213 g/mol. The molecule has 4 nitrogen and oxygen atoms in total. The Balaban J connectivity index is 2.27. The molecule has 5 heteroatoms. The molecule has 1 heterocycles. The molecule has 0 aromatic carbocycles. The van der Waals surface area contributed by atoms with Gasteiger partial charge in [0.2, 0.25) is 5.91 Å². The van der Waals surface area contributed by atoms with Crippen molar-refractivity contribution in [2.75, 3.05) is 11.2 Å². The zero-order valence-electron chi connectivity index (χ0n) is 7.74. The topological polar surface area (TPSA) is 54.9 Å². The molecule has 0 saturated carbocycles. The SMILES string of the molecule is O=C(CCCCCl)Nc1cncnc1. The molecule has 1 aromatic heterocycles. The molecule has 14 heavy (non-hydrogen) atoms. The minimum absolute atomic E-state index is 0.0232. The summed E-state index contributed by atoms with van der Waals surface area (Å²) in [6.45, 7) is 0. The second kappa shape index (κ2) is 6.32. The van der Waals surface area contributed by atoms with E-state index in [0.717, 1.165) is 12.8 Å². The zero-order valence-corrected chi connectivity index (χ0v) is 8.50. The Morgan fingerprint density at radius 1 is 1.36 bits per heavy atom. The number of alkyl halides is 1. The van der Waals surface area contributed by atoms with Gasteiger partial charge in [0, 0.05) is 12.3 Å². The molecule has 1 amide bonds. The number of nitrogens with one attached hydrogen (secondary N) is 1. The van der Waals surface area contributed by atoms with E-state index in [2.05, 4.69) is 15.3 Å². The fourth-order valence-electron chi connectivity index (χ4n) is 0.967. The van der Waals surface area contributed by atoms with Gasteiger partial charge >= 0.3 is 0 Å². The third-order valence-electron chi connectivity index (χ3n) is 1.63. The second-order valence-corrected chi connectivity index (χ2v) is 3.20. The molecule has 0 radical (unpaired) electrons. The highest BCUT2D eigenvalue weighted by molar-refractivity contribution is 6.17. The lowest BCUT2D eigenvalue weighted by atomic mass is 10.2. The number of carbonyl (C=O) groups excluding carboxylic acids is 1. The van der Waals surface area contributed by atoms with Crippen molar-refractivity contribution in [3.05, 3.63) is 18.7 Å². The summed E-state index contributed by atoms with van der Waals surface area (Å²) < 4.78 is 0. The van der Waals surface area contributed by atoms with Crippen molar-refractivity contribution in [3.63, 3.8) is 0 Å². The van der Waals surface area contributed by atoms with Gasteiger partial charge in [-0.05, 0) is 12.8 Å². The number of hydrogen-bond acceptors (Lipinski definition) is 3. The van der Waals surface area contributed by atoms with Gasteiger partial charge < -0.3 is 5.32 Å². The molecule has 1 rings (SSSR count). The molecule has 0 aliphatic heterocycles. The van der Waals surface area contributed by atoms with Crippen LogP contribution in [0.25, 0.3) is 0 Å². The number of nitrogens with zero attached hydrogens (tertiary/aromatic N) is 2. The largest absolute Gasteiger partial charge is 0.323 e. The number of anilines is 1. The van der Waals surface area contributed by atoms with Gasteiger partial charge in [0.15, 0.2) is 0 Å². The molecular weight excluding hydrogens is 202 g/mol. The maximum Gasteiger partial charge on any atom is 0.224 e. The predicted octanol–water partition coefficient (Wildman–Crippen LogP) is 1.82. The second-order valence-electron chi connectivity index (χ2n) is 2.82. The Morgan fingerprint density at radius 3 is 2.71 bits per heavy atom. The van der Waals surface area contributed by atoms with Gasteiger partial charge in [0.1, 0.15) is 6.33 Å². The van der Waals surface area contributed by atoms with Crippen LogP contribution < -0.4 is 5.32 Å². The van der Waals surface area contributed by atoms with E-state index < -0.39 is 0 Å². The third kappa shape index (κ3) is 4.18. The summed E-state index contributed by atoms with van der Waals surface area (Å²) in [5, 5.41) is 2.69. The van der Waals surface area contributed by atoms with Gasteiger partial charge in [-0.2, -0.15) is 0 Å². The van der Waals surface area contributed by atoms with Crippen LogP contribution in [0.4, 0.5) is 5.69 Å². The first kappa shape index (κ1) is 10.9. The average Bonchev–Trinajstić information content (AvgIpc) is 2.20. The molecule has 0 spiro atoms. The number of unbranched alkanes of at least 4 members (excludes halogenated alkanes) is 1. The van der Waals surface area contributed by atoms with E-state index >= 15 is 0 Å². The van der Waals surface area contributed by atoms with E-state index in [0.29, 0.717) is 18.0 Å². The standard InChI is InChI=1S/C9H12ClN3O/c10-4-2-1-3-9(14)13-8-5-11-7-12-6-8/h5-7H,1-4H2,(H,13,14). The zero-order chi connectivity index (χ0) is 10.2. The summed E-state index contributed by atoms with van der Waals surface area (Å²) in [6, 6.07) is 0. The van der Waals surface area contributed by atoms with Crippen molar-refractivity contribution in [1.29, 1.82) is 0 Å². The van der Waals surface area contributed by atoms with Gasteiger partial charge in [0.25, 0.3) is 0 Å². The van der Waals surface area contributed by atoms with E-state index in [9.17, 15) is 4.79 Å². The highest BCUT2D eigenvalue weighted by atomic mass is 35.5. The minimum Gasteiger partial charge on any atom is -0.323 e. The van der Waals surface area contributed by atoms with E-state index in [4.69, 9.17) is 11.6 Å². The van der Waals surface area contributed by atoms with Crippen LogP contribution in [0.5, 0.6) is 0 Å². The molecule has 0 aliphatic carbocycles. The Kier molecular flexibility index (Phi) is 4.93. The Morgan fingerprint density at radius 2 is 2.07 bits per heavy atom. The Labute approximate surface area is 87.7 Å². The fraction of sp³-hybridized carbons (Fsp3) is 0.444. The highest BCUT2D eigenvalue weighted by Crippen LogP contribution is 2.03. The van der Waals surface area contributed by atoms with Crippen LogP contribution in [-0.4, -0.2) is 21.8 Å². The van der Waals surface area contributed by atoms with Crippen molar-refractivity contribution < 1.29 is 4.79 Å². The number of carbonyl (C=O) groups is 1. The lowest BCUT2D eigenvalue weighted by molar-refractivity contribution is -0.116. The first-order chi connectivity index (χ1) is 6.83. The number of halogens is 1. The normalized spacial score (nSPS) is 9.79. The summed E-state index contributed by atoms with van der Waals surface area (Å²) in [5.41, 5.74) is 0.628. The van der Waals surface area contributed by atoms with Crippen LogP contribution >= 0.6 is 11.6 Å². The summed E-state index contributed by atoms with van der Waals surface area (Å²) in [5.74, 6) is 0.576. The molecule has 0 aliphatic rings. The van der Waals surface area contributed by atoms with Gasteiger partial charge in [-0.15, -0.1) is 11.6 Å². The van der Waals surface area contributed by atoms with Crippen LogP contribution in [0.2, 0.25) is 0 Å². The van der Waals surface area contributed by atoms with Crippen molar-refractivity contribution in [1.82, 2.24) is 9.97 Å². The maximum absolute atomic E-state index is 11.3. The summed E-state index contributed by atoms with van der Waals surface area (Å²) >= 11 is 5.49. The van der Waals surface area contributed by atoms with Crippen molar-refractivity contribution in [2.24, 2.45) is 0 Å². The molecule has 1 aromatic rings. The van der Waals surface area contributed by atoms with E-state index in [-0.39, 0.29) is 5.91 Å². The first-order valence-corrected chi connectivity index (χ1v) is 4.97. The molecule has 0 fully saturated rings. The number of aromatic nitrogens is 2. The van der Waals surface area contributed by atoms with Crippen LogP contribution in [-0.2, 0) is 4.79 Å². The average molecular weight is 214 g/mol. The molecular formula is C9H12ClN3O. The van der Waals surface area contributed by atoms with Gasteiger partial charge in [0.05, 0.1) is 18.1 Å². The minimum atomic E-state index is -0.0232. The molecule has 0 atom stereocenters. The van der Waals surface area contributed by atoms with Crippen molar-refractivity contribution in [2.45, 2.75) is 19.3 Å². The van der Waals surface area contributed by atoms with Gasteiger partial charge in [-0.25, -0.2) is 9.97 Å². The van der Waals surface area contributed by atoms with Gasteiger partial charge in [-0.3, -0.25) is 4.79 Å². The van der Waals surface area contributed by atoms with Crippen LogP contribution in [0.3, 0.4) is 0 Å². The summed E-state index contributed by atoms with van der Waals surface area (Å²) in [7, 11) is 0. The highest BCUT2D eigenvalue weighted by Gasteiger charge is 2.01. The molecule has 76 valence electrons. The van der Waals surface area contributed by atoms with Crippen molar-refractivity contribution >= 4 is 23.2 Å². The molecule has 0 saturated heterocycles. The molecule has 0 unspecified atom stereocenters. The fourth-order valence-corrected chi connectivity index (χ4v) is 1.16. The summed E-state index contributed by atoms with van der Waals surface area (Å²) in [6.07, 6.45) is 6.70. The maximum atomic E-state index is 11.3. The van der Waals surface area contributed by atoms with Crippen LogP contribution in [0, 0.1) is 0 Å². The Hall–Kier alpha value is -1.16. The third-order valence-corrected chi connectivity index (χ3v) is 1.90. The van der Waals surface area contributed by atoms with E-state index in [1.807, 2.05) is 0 Å². The molecule has 1 N–H and O–H groups in total. The predicted molar refractivity (Wildman–Crippen MR) is 55.2 cm³/mol. The van der Waals surface area contributed by atoms with E-state index in [1.165, 1.54) is 6.33 Å². The van der Waals surface area contributed by atoms with Crippen LogP contribution in [0.1, 0.15) is 19.3 Å². The lowest BCUT2D eigenvalue weighted by Gasteiger charge is -2.02. The number of hydrogen-bond donors (Lipinski definition) is 1. The number of rotatable bonds is 5. The molecule has 0 bridgehead atoms. The van der Waals surface area contributed by atoms with E-state index in [1.54, 1.807) is 12.4 Å². The number of amides is 1. The van der Waals surface area contributed by atoms with Crippen LogP contribution in [0.15, 0.2) is 18.7 Å². The smallest absolute Gasteiger partial charge is 0.224 e. The summed E-state index contributed by atoms with van der Waals surface area (Å²) in [4.78, 5) is 18.9. The Bertz CT molecular complexity index is 279.